The van der Waals surface area contributed by atoms with Crippen LogP contribution >= 0.6 is 11.8 Å². The first-order chi connectivity index (χ1) is 29.6. The standard InChI is InChI=1S/C42H52N10O7S3/c1-7-51(8-2)30-16-20-34(47-49-36-26-32(61(54,55)56)18-14-28(36)5)38(24-30)43-40-12-11-13-41(60-23-22-53)46-42(45-40)44-39-25-31(52(9-3)10-4)17-21-35(39)48-50-37-27-33(62(57,58)59)19-15-29(37)6/h14-21,24-27,53H,7-13,22-23H2,1-6H3,(H,43,44,45)(H,54,55,56)(H,57,58,59). The molecule has 17 nitrogen and oxygen atoms in total. The Kier molecular flexibility index (Phi) is 16.6. The van der Waals surface area contributed by atoms with Gasteiger partial charge in [0.2, 0.25) is 0 Å². The van der Waals surface area contributed by atoms with Crippen LogP contribution in [0.25, 0.3) is 0 Å². The highest BCUT2D eigenvalue weighted by Gasteiger charge is 2.18. The Bertz CT molecular complexity index is 2620. The molecule has 4 N–H and O–H groups in total. The third-order valence-electron chi connectivity index (χ3n) is 9.81. The first-order valence-corrected chi connectivity index (χ1v) is 24.0. The Morgan fingerprint density at radius 1 is 0.645 bits per heavy atom. The molecule has 4 aromatic rings. The van der Waals surface area contributed by atoms with Crippen LogP contribution in [0, 0.1) is 13.8 Å². The van der Waals surface area contributed by atoms with E-state index in [4.69, 9.17) is 15.0 Å². The van der Waals surface area contributed by atoms with E-state index >= 15 is 0 Å². The highest BCUT2D eigenvalue weighted by atomic mass is 32.2. The van der Waals surface area contributed by atoms with Crippen molar-refractivity contribution >= 4 is 94.3 Å². The predicted molar refractivity (Wildman–Crippen MR) is 249 cm³/mol. The molecule has 1 aliphatic rings. The topological polar surface area (TPSA) is 234 Å². The van der Waals surface area contributed by atoms with Crippen molar-refractivity contribution in [1.29, 1.82) is 0 Å². The Morgan fingerprint density at radius 3 is 1.69 bits per heavy atom. The molecule has 20 heteroatoms. The quantitative estimate of drug-likeness (QED) is 0.0610. The summed E-state index contributed by atoms with van der Waals surface area (Å²) in [6.07, 6.45) is 1.73. The number of nitrogens with zero attached hydrogens (tertiary/aromatic N) is 9. The van der Waals surface area contributed by atoms with Crippen LogP contribution in [0.4, 0.5) is 45.5 Å². The summed E-state index contributed by atoms with van der Waals surface area (Å²) in [5.74, 6) is 1.06. The molecule has 5 rings (SSSR count). The number of guanidine groups is 1. The van der Waals surface area contributed by atoms with Crippen molar-refractivity contribution in [3.63, 3.8) is 0 Å². The number of amidine groups is 1. The first-order valence-electron chi connectivity index (χ1n) is 20.1. The Hall–Kier alpha value is -5.38. The fourth-order valence-electron chi connectivity index (χ4n) is 6.35. The van der Waals surface area contributed by atoms with Gasteiger partial charge in [-0.15, -0.1) is 22.0 Å². The second-order valence-corrected chi connectivity index (χ2v) is 18.0. The molecule has 0 fully saturated rings. The van der Waals surface area contributed by atoms with Crippen LogP contribution in [0.3, 0.4) is 0 Å². The zero-order valence-corrected chi connectivity index (χ0v) is 38.0. The number of aliphatic hydroxyl groups is 1. The molecule has 0 unspecified atom stereocenters. The minimum absolute atomic E-state index is 0.0410. The maximum Gasteiger partial charge on any atom is 0.294 e. The molecular weight excluding hydrogens is 853 g/mol. The van der Waals surface area contributed by atoms with E-state index in [1.807, 2.05) is 44.2 Å². The summed E-state index contributed by atoms with van der Waals surface area (Å²) in [5.41, 5.74) is 5.31. The summed E-state index contributed by atoms with van der Waals surface area (Å²) in [7, 11) is -8.95. The molecule has 0 radical (unpaired) electrons. The summed E-state index contributed by atoms with van der Waals surface area (Å²) < 4.78 is 66.9. The van der Waals surface area contributed by atoms with Crippen LogP contribution in [-0.4, -0.2) is 86.4 Å². The molecule has 0 aromatic heterocycles. The van der Waals surface area contributed by atoms with Crippen LogP contribution in [0.1, 0.15) is 58.1 Å². The largest absolute Gasteiger partial charge is 0.396 e. The van der Waals surface area contributed by atoms with Gasteiger partial charge in [-0.25, -0.2) is 9.98 Å². The molecule has 330 valence electrons. The maximum absolute atomic E-state index is 11.9. The lowest BCUT2D eigenvalue weighted by Gasteiger charge is -2.23. The molecule has 0 saturated heterocycles. The smallest absolute Gasteiger partial charge is 0.294 e. The Balaban J connectivity index is 1.66. The normalized spacial score (nSPS) is 14.5. The molecule has 62 heavy (non-hydrogen) atoms. The summed E-state index contributed by atoms with van der Waals surface area (Å²) >= 11 is 1.42. The van der Waals surface area contributed by atoms with Gasteiger partial charge in [0, 0.05) is 49.7 Å². The van der Waals surface area contributed by atoms with Gasteiger partial charge in [-0.2, -0.15) is 32.1 Å². The lowest BCUT2D eigenvalue weighted by molar-refractivity contribution is 0.323. The number of aliphatic hydroxyl groups excluding tert-OH is 1. The van der Waals surface area contributed by atoms with E-state index in [9.17, 15) is 31.0 Å². The number of azo groups is 2. The molecule has 0 spiro atoms. The minimum Gasteiger partial charge on any atom is -0.396 e. The van der Waals surface area contributed by atoms with Gasteiger partial charge < -0.3 is 20.2 Å². The van der Waals surface area contributed by atoms with Crippen molar-refractivity contribution in [1.82, 2.24) is 0 Å². The van der Waals surface area contributed by atoms with Gasteiger partial charge in [0.15, 0.2) is 0 Å². The third kappa shape index (κ3) is 12.8. The number of aryl methyl sites for hydroxylation is 2. The van der Waals surface area contributed by atoms with Gasteiger partial charge in [0.1, 0.15) is 17.2 Å². The van der Waals surface area contributed by atoms with Crippen molar-refractivity contribution < 1.29 is 31.0 Å². The van der Waals surface area contributed by atoms with E-state index in [2.05, 4.69) is 49.4 Å². The molecule has 0 aliphatic carbocycles. The molecule has 0 saturated carbocycles. The zero-order chi connectivity index (χ0) is 45.0. The van der Waals surface area contributed by atoms with E-state index in [1.54, 1.807) is 26.0 Å². The van der Waals surface area contributed by atoms with Crippen molar-refractivity contribution in [2.45, 2.75) is 70.6 Å². The van der Waals surface area contributed by atoms with Gasteiger partial charge in [0.05, 0.1) is 44.2 Å². The fourth-order valence-corrected chi connectivity index (χ4v) is 8.11. The number of hydrogen-bond donors (Lipinski definition) is 4. The van der Waals surface area contributed by atoms with Crippen LogP contribution in [-0.2, 0) is 20.2 Å². The number of benzene rings is 4. The average molecular weight is 905 g/mol. The highest BCUT2D eigenvalue weighted by Crippen LogP contribution is 2.37. The number of thioether (sulfide) groups is 1. The van der Waals surface area contributed by atoms with Crippen LogP contribution in [0.5, 0.6) is 0 Å². The van der Waals surface area contributed by atoms with Gasteiger partial charge in [-0.05, 0) is 126 Å². The molecule has 0 amide bonds. The van der Waals surface area contributed by atoms with Gasteiger partial charge in [-0.1, -0.05) is 12.1 Å². The van der Waals surface area contributed by atoms with Gasteiger partial charge >= 0.3 is 0 Å². The van der Waals surface area contributed by atoms with Crippen molar-refractivity contribution in [3.05, 3.63) is 83.9 Å². The maximum atomic E-state index is 11.9. The minimum atomic E-state index is -4.48. The lowest BCUT2D eigenvalue weighted by atomic mass is 10.2. The van der Waals surface area contributed by atoms with E-state index in [1.165, 1.54) is 42.1 Å². The second kappa shape index (κ2) is 21.6. The first kappa shape index (κ1) is 47.7. The molecule has 4 aromatic carbocycles. The van der Waals surface area contributed by atoms with Crippen LogP contribution in [0.15, 0.2) is 118 Å². The molecule has 1 aliphatic heterocycles. The van der Waals surface area contributed by atoms with Gasteiger partial charge in [0.25, 0.3) is 26.2 Å². The van der Waals surface area contributed by atoms with Crippen molar-refractivity contribution in [2.24, 2.45) is 35.4 Å². The molecule has 0 bridgehead atoms. The fraction of sp³-hybridized carbons (Fsp3) is 0.357. The number of nitrogens with one attached hydrogen (secondary N) is 1. The summed E-state index contributed by atoms with van der Waals surface area (Å²) in [6.45, 7) is 14.6. The lowest BCUT2D eigenvalue weighted by Crippen LogP contribution is -2.22. The SMILES string of the molecule is CCN(CC)c1ccc(N=Nc2cc(S(=O)(=O)O)ccc2C)c(N=C2N=C(Nc3cc(N(CC)CC)ccc3N=Nc3cc(S(=O)(=O)O)ccc3C)CCCC(SCCO)=N2)c1. The van der Waals surface area contributed by atoms with E-state index < -0.39 is 20.2 Å². The molecule has 1 heterocycles. The average Bonchev–Trinajstić information content (AvgIpc) is 3.22. The number of hydrogen-bond acceptors (Lipinski definition) is 14. The van der Waals surface area contributed by atoms with Crippen molar-refractivity contribution in [3.8, 4) is 0 Å². The highest BCUT2D eigenvalue weighted by molar-refractivity contribution is 8.14. The van der Waals surface area contributed by atoms with Crippen LogP contribution in [0.2, 0.25) is 0 Å². The summed E-state index contributed by atoms with van der Waals surface area (Å²) in [4.78, 5) is 18.5. The zero-order valence-electron chi connectivity index (χ0n) is 35.5. The van der Waals surface area contributed by atoms with Crippen LogP contribution < -0.4 is 15.1 Å². The van der Waals surface area contributed by atoms with E-state index in [0.717, 1.165) is 42.6 Å². The number of aliphatic imine (C=N–C) groups is 3. The Labute approximate surface area is 367 Å². The third-order valence-corrected chi connectivity index (χ3v) is 12.5. The van der Waals surface area contributed by atoms with Crippen molar-refractivity contribution in [2.75, 3.05) is 53.7 Å². The number of anilines is 3. The van der Waals surface area contributed by atoms with Gasteiger partial charge in [-0.3, -0.25) is 9.11 Å². The predicted octanol–water partition coefficient (Wildman–Crippen LogP) is 10.1. The second-order valence-electron chi connectivity index (χ2n) is 14.0. The number of rotatable bonds is 16. The summed E-state index contributed by atoms with van der Waals surface area (Å²) in [6, 6.07) is 19.4. The molecule has 0 atom stereocenters. The molecular formula is C42H52N10O7S3. The summed E-state index contributed by atoms with van der Waals surface area (Å²) in [5, 5.41) is 31.7. The van der Waals surface area contributed by atoms with E-state index in [0.29, 0.717) is 64.7 Å². The monoisotopic (exact) mass is 904 g/mol. The van der Waals surface area contributed by atoms with E-state index in [-0.39, 0.29) is 33.7 Å². The Morgan fingerprint density at radius 2 is 1.16 bits per heavy atom.